The third-order valence-corrected chi connectivity index (χ3v) is 7.74. The Morgan fingerprint density at radius 1 is 1.21 bits per heavy atom. The molecule has 1 aliphatic heterocycles. The summed E-state index contributed by atoms with van der Waals surface area (Å²) in [6, 6.07) is 11.1. The van der Waals surface area contributed by atoms with E-state index in [1.165, 1.54) is 36.4 Å². The first-order valence-corrected chi connectivity index (χ1v) is 12.7. The van der Waals surface area contributed by atoms with Gasteiger partial charge < -0.3 is 15.7 Å². The van der Waals surface area contributed by atoms with Gasteiger partial charge in [0.15, 0.2) is 0 Å². The number of aliphatic hydroxyl groups excluding tert-OH is 1. The van der Waals surface area contributed by atoms with Gasteiger partial charge in [-0.2, -0.15) is 10.2 Å². The number of aromatic nitrogens is 2. The van der Waals surface area contributed by atoms with Crippen molar-refractivity contribution in [3.63, 3.8) is 0 Å². The number of rotatable bonds is 8. The van der Waals surface area contributed by atoms with Crippen molar-refractivity contribution >= 4 is 23.7 Å². The van der Waals surface area contributed by atoms with Gasteiger partial charge in [-0.3, -0.25) is 0 Å². The van der Waals surface area contributed by atoms with Gasteiger partial charge in [-0.1, -0.05) is 26.0 Å². The standard InChI is InChI=1S/C25H34N6OS/c1-25(2)15-20(7-10-22(25)32)29-23-19(16-26)17-28-24(30-23)27-12-11-18-5-8-21(9-6-18)33-31-13-3-4-14-31/h5-6,8-9,17,20,22,32H,3-4,7,10-15H2,1-2H3,(H2,27,28,29,30)/t20-,22+/m1/s1. The third kappa shape index (κ3) is 6.38. The number of nitrogens with one attached hydrogen (secondary N) is 2. The second kappa shape index (κ2) is 10.7. The molecule has 1 aromatic carbocycles. The molecule has 2 aromatic rings. The van der Waals surface area contributed by atoms with E-state index in [0.717, 1.165) is 25.7 Å². The molecule has 2 aliphatic rings. The summed E-state index contributed by atoms with van der Waals surface area (Å²) in [5.41, 5.74) is 1.55. The van der Waals surface area contributed by atoms with Crippen LogP contribution in [0.5, 0.6) is 0 Å². The van der Waals surface area contributed by atoms with E-state index < -0.39 is 0 Å². The van der Waals surface area contributed by atoms with E-state index in [0.29, 0.717) is 23.9 Å². The molecule has 1 aromatic heterocycles. The maximum Gasteiger partial charge on any atom is 0.224 e. The quantitative estimate of drug-likeness (QED) is 0.491. The fourth-order valence-corrected chi connectivity index (χ4v) is 5.56. The molecular formula is C25H34N6OS. The minimum Gasteiger partial charge on any atom is -0.393 e. The minimum absolute atomic E-state index is 0.153. The van der Waals surface area contributed by atoms with Crippen molar-refractivity contribution in [1.82, 2.24) is 14.3 Å². The summed E-state index contributed by atoms with van der Waals surface area (Å²) in [4.78, 5) is 10.2. The van der Waals surface area contributed by atoms with E-state index in [1.54, 1.807) is 6.20 Å². The highest BCUT2D eigenvalue weighted by Crippen LogP contribution is 2.37. The van der Waals surface area contributed by atoms with E-state index >= 15 is 0 Å². The summed E-state index contributed by atoms with van der Waals surface area (Å²) in [5, 5.41) is 26.4. The van der Waals surface area contributed by atoms with Crippen molar-refractivity contribution in [2.75, 3.05) is 30.3 Å². The number of benzene rings is 1. The smallest absolute Gasteiger partial charge is 0.224 e. The Kier molecular flexibility index (Phi) is 7.74. The van der Waals surface area contributed by atoms with Gasteiger partial charge in [0.05, 0.1) is 12.3 Å². The van der Waals surface area contributed by atoms with Crippen LogP contribution < -0.4 is 10.6 Å². The molecule has 7 nitrogen and oxygen atoms in total. The van der Waals surface area contributed by atoms with Gasteiger partial charge >= 0.3 is 0 Å². The number of hydrogen-bond donors (Lipinski definition) is 3. The van der Waals surface area contributed by atoms with Gasteiger partial charge in [0, 0.05) is 30.6 Å². The number of nitrogens with zero attached hydrogens (tertiary/aromatic N) is 4. The van der Waals surface area contributed by atoms with E-state index in [1.807, 2.05) is 11.9 Å². The molecule has 1 saturated carbocycles. The van der Waals surface area contributed by atoms with E-state index in [4.69, 9.17) is 0 Å². The zero-order chi connectivity index (χ0) is 23.3. The molecule has 8 heteroatoms. The predicted octanol–water partition coefficient (Wildman–Crippen LogP) is 4.46. The highest BCUT2D eigenvalue weighted by Gasteiger charge is 2.35. The summed E-state index contributed by atoms with van der Waals surface area (Å²) in [6.07, 6.45) is 7.19. The van der Waals surface area contributed by atoms with Gasteiger partial charge in [0.2, 0.25) is 5.95 Å². The van der Waals surface area contributed by atoms with Crippen molar-refractivity contribution in [1.29, 1.82) is 5.26 Å². The van der Waals surface area contributed by atoms with Crippen molar-refractivity contribution in [2.45, 2.75) is 69.4 Å². The van der Waals surface area contributed by atoms with Crippen molar-refractivity contribution in [2.24, 2.45) is 5.41 Å². The fourth-order valence-electron chi connectivity index (χ4n) is 4.56. The van der Waals surface area contributed by atoms with Crippen LogP contribution in [0.1, 0.15) is 57.1 Å². The molecule has 0 amide bonds. The number of aliphatic hydroxyl groups is 1. The molecule has 2 fully saturated rings. The first-order chi connectivity index (χ1) is 15.9. The van der Waals surface area contributed by atoms with Crippen LogP contribution in [0, 0.1) is 16.7 Å². The Morgan fingerprint density at radius 2 is 1.97 bits per heavy atom. The Bertz CT molecular complexity index is 968. The van der Waals surface area contributed by atoms with Gasteiger partial charge in [-0.25, -0.2) is 9.29 Å². The number of nitriles is 1. The maximum atomic E-state index is 10.2. The van der Waals surface area contributed by atoms with Crippen LogP contribution in [0.25, 0.3) is 0 Å². The zero-order valence-corrected chi connectivity index (χ0v) is 20.4. The van der Waals surface area contributed by atoms with Crippen LogP contribution in [0.2, 0.25) is 0 Å². The highest BCUT2D eigenvalue weighted by atomic mass is 32.2. The lowest BCUT2D eigenvalue weighted by molar-refractivity contribution is 0.00926. The summed E-state index contributed by atoms with van der Waals surface area (Å²) in [7, 11) is 0. The molecule has 2 heterocycles. The summed E-state index contributed by atoms with van der Waals surface area (Å²) < 4.78 is 2.43. The minimum atomic E-state index is -0.290. The molecule has 3 N–H and O–H groups in total. The Labute approximate surface area is 201 Å². The lowest BCUT2D eigenvalue weighted by atomic mass is 9.73. The molecule has 2 atom stereocenters. The predicted molar refractivity (Wildman–Crippen MR) is 133 cm³/mol. The van der Waals surface area contributed by atoms with Crippen LogP contribution in [-0.2, 0) is 6.42 Å². The molecular weight excluding hydrogens is 432 g/mol. The number of anilines is 2. The molecule has 33 heavy (non-hydrogen) atoms. The molecule has 1 saturated heterocycles. The largest absolute Gasteiger partial charge is 0.393 e. The van der Waals surface area contributed by atoms with E-state index in [9.17, 15) is 10.4 Å². The lowest BCUT2D eigenvalue weighted by Gasteiger charge is -2.40. The first kappa shape index (κ1) is 23.8. The summed E-state index contributed by atoms with van der Waals surface area (Å²) in [5.74, 6) is 1.09. The Balaban J connectivity index is 1.31. The van der Waals surface area contributed by atoms with Crippen LogP contribution in [0.15, 0.2) is 35.4 Å². The second-order valence-electron chi connectivity index (χ2n) is 9.74. The third-order valence-electron chi connectivity index (χ3n) is 6.63. The molecule has 1 aliphatic carbocycles. The molecule has 4 rings (SSSR count). The fraction of sp³-hybridized carbons (Fsp3) is 0.560. The van der Waals surface area contributed by atoms with Crippen molar-refractivity contribution < 1.29 is 5.11 Å². The Hall–Kier alpha value is -2.34. The van der Waals surface area contributed by atoms with Crippen LogP contribution in [0.4, 0.5) is 11.8 Å². The average Bonchev–Trinajstić information content (AvgIpc) is 3.31. The van der Waals surface area contributed by atoms with Gasteiger partial charge in [0.1, 0.15) is 17.5 Å². The van der Waals surface area contributed by atoms with E-state index in [2.05, 4.69) is 69.1 Å². The van der Waals surface area contributed by atoms with Crippen LogP contribution >= 0.6 is 11.9 Å². The van der Waals surface area contributed by atoms with Crippen LogP contribution in [0.3, 0.4) is 0 Å². The SMILES string of the molecule is CC1(C)C[C@H](Nc2nc(NCCc3ccc(SN4CCCC4)cc3)ncc2C#N)CC[C@@H]1O. The van der Waals surface area contributed by atoms with Crippen molar-refractivity contribution in [3.8, 4) is 6.07 Å². The highest BCUT2D eigenvalue weighted by molar-refractivity contribution is 7.97. The number of hydrogen-bond acceptors (Lipinski definition) is 8. The molecule has 0 unspecified atom stereocenters. The van der Waals surface area contributed by atoms with Gasteiger partial charge in [0.25, 0.3) is 0 Å². The molecule has 176 valence electrons. The maximum absolute atomic E-state index is 10.2. The first-order valence-electron chi connectivity index (χ1n) is 11.9. The second-order valence-corrected chi connectivity index (χ2v) is 10.9. The van der Waals surface area contributed by atoms with Crippen LogP contribution in [-0.4, -0.2) is 51.2 Å². The molecule has 0 bridgehead atoms. The monoisotopic (exact) mass is 466 g/mol. The van der Waals surface area contributed by atoms with E-state index in [-0.39, 0.29) is 17.6 Å². The van der Waals surface area contributed by atoms with Gasteiger partial charge in [-0.05, 0) is 73.6 Å². The Morgan fingerprint density at radius 3 is 2.67 bits per heavy atom. The topological polar surface area (TPSA) is 97.1 Å². The lowest BCUT2D eigenvalue weighted by Crippen LogP contribution is -2.41. The molecule has 0 spiro atoms. The summed E-state index contributed by atoms with van der Waals surface area (Å²) >= 11 is 1.85. The van der Waals surface area contributed by atoms with Crippen molar-refractivity contribution in [3.05, 3.63) is 41.6 Å². The van der Waals surface area contributed by atoms with Gasteiger partial charge in [-0.15, -0.1) is 0 Å². The normalized spacial score (nSPS) is 22.6. The summed E-state index contributed by atoms with van der Waals surface area (Å²) in [6.45, 7) is 7.24. The molecule has 0 radical (unpaired) electrons. The average molecular weight is 467 g/mol. The zero-order valence-electron chi connectivity index (χ0n) is 19.5.